The highest BCUT2D eigenvalue weighted by Crippen LogP contribution is 2.25. The number of rotatable bonds is 6. The van der Waals surface area contributed by atoms with Crippen molar-refractivity contribution in [3.8, 4) is 0 Å². The number of anilines is 1. The predicted octanol–water partition coefficient (Wildman–Crippen LogP) is 4.24. The normalized spacial score (nSPS) is 10.2. The van der Waals surface area contributed by atoms with Gasteiger partial charge in [-0.15, -0.1) is 0 Å². The first-order valence-corrected chi connectivity index (χ1v) is 7.76. The molecule has 20 heavy (non-hydrogen) atoms. The third-order valence-electron chi connectivity index (χ3n) is 3.32. The number of hydrogen-bond donors (Lipinski definition) is 2. The third-order valence-corrected chi connectivity index (χ3v) is 3.57. The van der Waals surface area contributed by atoms with E-state index in [1.54, 1.807) is 0 Å². The summed E-state index contributed by atoms with van der Waals surface area (Å²) >= 11 is 5.37. The number of aryl methyl sites for hydroxylation is 3. The van der Waals surface area contributed by atoms with E-state index in [9.17, 15) is 0 Å². The van der Waals surface area contributed by atoms with E-state index < -0.39 is 0 Å². The zero-order valence-corrected chi connectivity index (χ0v) is 13.9. The molecule has 1 aromatic rings. The Kier molecular flexibility index (Phi) is 6.73. The average Bonchev–Trinajstić information content (AvgIpc) is 2.45. The molecule has 2 nitrogen and oxygen atoms in total. The Hall–Kier alpha value is -1.35. The molecule has 0 saturated heterocycles. The average molecular weight is 290 g/mol. The Morgan fingerprint density at radius 2 is 1.65 bits per heavy atom. The summed E-state index contributed by atoms with van der Waals surface area (Å²) in [6.07, 6.45) is 3.08. The van der Waals surface area contributed by atoms with Crippen molar-refractivity contribution in [2.24, 2.45) is 0 Å². The Balaban J connectivity index is 2.97. The highest BCUT2D eigenvalue weighted by molar-refractivity contribution is 7.80. The molecule has 0 aliphatic rings. The summed E-state index contributed by atoms with van der Waals surface area (Å²) in [6.45, 7) is 13.1. The van der Waals surface area contributed by atoms with Crippen LogP contribution in [0.25, 0.3) is 0 Å². The SMILES string of the molecule is C=C(C)CNC(=S)Nc1c(CC)cc(CC)cc1CC. The van der Waals surface area contributed by atoms with Crippen LogP contribution in [0, 0.1) is 0 Å². The van der Waals surface area contributed by atoms with Crippen LogP contribution in [0.15, 0.2) is 24.3 Å². The second-order valence-corrected chi connectivity index (χ2v) is 5.52. The van der Waals surface area contributed by atoms with Crippen LogP contribution in [0.5, 0.6) is 0 Å². The van der Waals surface area contributed by atoms with Gasteiger partial charge in [-0.1, -0.05) is 45.1 Å². The Morgan fingerprint density at radius 1 is 1.10 bits per heavy atom. The molecule has 0 unspecified atom stereocenters. The Morgan fingerprint density at radius 3 is 2.05 bits per heavy atom. The number of thiocarbonyl (C=S) groups is 1. The molecule has 1 rings (SSSR count). The van der Waals surface area contributed by atoms with Crippen molar-refractivity contribution in [1.82, 2.24) is 5.32 Å². The van der Waals surface area contributed by atoms with Gasteiger partial charge in [0.25, 0.3) is 0 Å². The molecule has 2 N–H and O–H groups in total. The van der Waals surface area contributed by atoms with Gasteiger partial charge in [0.1, 0.15) is 0 Å². The van der Waals surface area contributed by atoms with Crippen LogP contribution in [-0.4, -0.2) is 11.7 Å². The largest absolute Gasteiger partial charge is 0.359 e. The quantitative estimate of drug-likeness (QED) is 0.605. The van der Waals surface area contributed by atoms with Crippen molar-refractivity contribution in [3.63, 3.8) is 0 Å². The van der Waals surface area contributed by atoms with Crippen LogP contribution in [0.1, 0.15) is 44.4 Å². The summed E-state index contributed by atoms with van der Waals surface area (Å²) in [6, 6.07) is 4.56. The predicted molar refractivity (Wildman–Crippen MR) is 93.6 cm³/mol. The molecule has 0 aromatic heterocycles. The lowest BCUT2D eigenvalue weighted by Gasteiger charge is -2.18. The maximum Gasteiger partial charge on any atom is 0.171 e. The number of hydrogen-bond acceptors (Lipinski definition) is 1. The monoisotopic (exact) mass is 290 g/mol. The van der Waals surface area contributed by atoms with E-state index in [1.807, 2.05) is 6.92 Å². The molecule has 0 heterocycles. The van der Waals surface area contributed by atoms with Gasteiger partial charge in [0.15, 0.2) is 5.11 Å². The molecule has 0 spiro atoms. The van der Waals surface area contributed by atoms with Crippen LogP contribution < -0.4 is 10.6 Å². The first-order chi connectivity index (χ1) is 9.51. The molecule has 0 saturated carbocycles. The van der Waals surface area contributed by atoms with Crippen molar-refractivity contribution in [1.29, 1.82) is 0 Å². The summed E-state index contributed by atoms with van der Waals surface area (Å²) in [5, 5.41) is 7.22. The molecule has 0 aliphatic carbocycles. The van der Waals surface area contributed by atoms with Gasteiger partial charge in [-0.25, -0.2) is 0 Å². The van der Waals surface area contributed by atoms with Gasteiger partial charge in [-0.3, -0.25) is 0 Å². The maximum atomic E-state index is 5.37. The first kappa shape index (κ1) is 16.7. The van der Waals surface area contributed by atoms with Gasteiger partial charge in [0.2, 0.25) is 0 Å². The van der Waals surface area contributed by atoms with Crippen LogP contribution in [-0.2, 0) is 19.3 Å². The van der Waals surface area contributed by atoms with Crippen molar-refractivity contribution >= 4 is 23.0 Å². The summed E-state index contributed by atoms with van der Waals surface area (Å²) in [7, 11) is 0. The second-order valence-electron chi connectivity index (χ2n) is 5.11. The molecule has 0 aliphatic heterocycles. The minimum atomic E-state index is 0.668. The van der Waals surface area contributed by atoms with Crippen LogP contribution in [0.3, 0.4) is 0 Å². The molecule has 0 fully saturated rings. The van der Waals surface area contributed by atoms with Crippen molar-refractivity contribution in [2.75, 3.05) is 11.9 Å². The number of nitrogens with one attached hydrogen (secondary N) is 2. The fourth-order valence-electron chi connectivity index (χ4n) is 2.15. The minimum absolute atomic E-state index is 0.668. The van der Waals surface area contributed by atoms with Gasteiger partial charge >= 0.3 is 0 Å². The maximum absolute atomic E-state index is 5.37. The van der Waals surface area contributed by atoms with Crippen molar-refractivity contribution in [3.05, 3.63) is 41.0 Å². The standard InChI is InChI=1S/C17H26N2S/c1-6-13-9-14(7-2)16(15(8-3)10-13)19-17(20)18-11-12(4)5/h9-10H,4,6-8,11H2,1-3,5H3,(H2,18,19,20). The van der Waals surface area contributed by atoms with Gasteiger partial charge < -0.3 is 10.6 Å². The van der Waals surface area contributed by atoms with E-state index >= 15 is 0 Å². The highest BCUT2D eigenvalue weighted by atomic mass is 32.1. The van der Waals surface area contributed by atoms with Crippen LogP contribution in [0.2, 0.25) is 0 Å². The molecule has 0 radical (unpaired) electrons. The molecule has 1 aromatic carbocycles. The molecule has 0 bridgehead atoms. The summed E-state index contributed by atoms with van der Waals surface area (Å²) in [4.78, 5) is 0. The van der Waals surface area contributed by atoms with E-state index in [0.29, 0.717) is 11.7 Å². The van der Waals surface area contributed by atoms with E-state index in [0.717, 1.165) is 24.8 Å². The summed E-state index contributed by atoms with van der Waals surface area (Å²) in [5.41, 5.74) is 6.31. The third kappa shape index (κ3) is 4.64. The fourth-order valence-corrected chi connectivity index (χ4v) is 2.33. The number of benzene rings is 1. The lowest BCUT2D eigenvalue weighted by atomic mass is 9.98. The Labute approximate surface area is 128 Å². The van der Waals surface area contributed by atoms with Gasteiger partial charge in [-0.05, 0) is 55.1 Å². The van der Waals surface area contributed by atoms with Crippen LogP contribution >= 0.6 is 12.2 Å². The Bertz CT molecular complexity index is 467. The van der Waals surface area contributed by atoms with Crippen LogP contribution in [0.4, 0.5) is 5.69 Å². The minimum Gasteiger partial charge on any atom is -0.359 e. The molecular formula is C17H26N2S. The fraction of sp³-hybridized carbons (Fsp3) is 0.471. The molecule has 0 amide bonds. The molecule has 110 valence electrons. The van der Waals surface area contributed by atoms with E-state index in [4.69, 9.17) is 12.2 Å². The topological polar surface area (TPSA) is 24.1 Å². The van der Waals surface area contributed by atoms with E-state index in [1.165, 1.54) is 22.4 Å². The van der Waals surface area contributed by atoms with Crippen molar-refractivity contribution in [2.45, 2.75) is 47.0 Å². The van der Waals surface area contributed by atoms with Gasteiger partial charge in [-0.2, -0.15) is 0 Å². The summed E-state index contributed by atoms with van der Waals surface area (Å²) < 4.78 is 0. The lowest BCUT2D eigenvalue weighted by molar-refractivity contribution is 0.994. The summed E-state index contributed by atoms with van der Waals surface area (Å²) in [5.74, 6) is 0. The zero-order valence-electron chi connectivity index (χ0n) is 13.1. The molecular weight excluding hydrogens is 264 g/mol. The first-order valence-electron chi connectivity index (χ1n) is 7.35. The smallest absolute Gasteiger partial charge is 0.171 e. The second kappa shape index (κ2) is 8.05. The van der Waals surface area contributed by atoms with Crippen molar-refractivity contribution < 1.29 is 0 Å². The zero-order chi connectivity index (χ0) is 15.1. The molecule has 3 heteroatoms. The van der Waals surface area contributed by atoms with Gasteiger partial charge in [0.05, 0.1) is 0 Å². The van der Waals surface area contributed by atoms with E-state index in [-0.39, 0.29) is 0 Å². The van der Waals surface area contributed by atoms with E-state index in [2.05, 4.69) is 50.1 Å². The van der Waals surface area contributed by atoms with Gasteiger partial charge in [0, 0.05) is 12.2 Å². The highest BCUT2D eigenvalue weighted by Gasteiger charge is 2.10. The lowest BCUT2D eigenvalue weighted by Crippen LogP contribution is -2.30. The molecule has 0 atom stereocenters.